The van der Waals surface area contributed by atoms with Gasteiger partial charge in [-0.05, 0) is 45.2 Å². The lowest BCUT2D eigenvalue weighted by Crippen LogP contribution is -2.56. The molecule has 4 nitrogen and oxygen atoms in total. The number of piperazine rings is 1. The third-order valence-electron chi connectivity index (χ3n) is 4.45. The van der Waals surface area contributed by atoms with E-state index >= 15 is 0 Å². The first kappa shape index (κ1) is 13.2. The summed E-state index contributed by atoms with van der Waals surface area (Å²) in [6, 6.07) is 8.67. The Balaban J connectivity index is 1.84. The smallest absolute Gasteiger partial charge is 0.253 e. The summed E-state index contributed by atoms with van der Waals surface area (Å²) in [6.07, 6.45) is 1.90. The van der Waals surface area contributed by atoms with E-state index in [1.165, 1.54) is 0 Å². The predicted octanol–water partition coefficient (Wildman–Crippen LogP) is 2.33. The van der Waals surface area contributed by atoms with Crippen molar-refractivity contribution in [1.82, 2.24) is 14.8 Å². The van der Waals surface area contributed by atoms with E-state index in [9.17, 15) is 4.79 Å². The van der Waals surface area contributed by atoms with Gasteiger partial charge in [0.1, 0.15) is 0 Å². The normalized spacial score (nSPS) is 24.2. The van der Waals surface area contributed by atoms with Crippen LogP contribution in [0.25, 0.3) is 10.9 Å². The molecule has 1 fully saturated rings. The van der Waals surface area contributed by atoms with Crippen molar-refractivity contribution in [3.8, 4) is 0 Å². The fraction of sp³-hybridized carbons (Fsp3) is 0.438. The molecule has 4 heteroatoms. The summed E-state index contributed by atoms with van der Waals surface area (Å²) in [4.78, 5) is 20.1. The van der Waals surface area contributed by atoms with E-state index in [4.69, 9.17) is 0 Å². The number of hydrogen-bond donors (Lipinski definition) is 1. The summed E-state index contributed by atoms with van der Waals surface area (Å²) in [5.74, 6) is 0.139. The summed E-state index contributed by atoms with van der Waals surface area (Å²) in [5.41, 5.74) is 1.85. The maximum atomic E-state index is 12.7. The van der Waals surface area contributed by atoms with Crippen LogP contribution < -0.4 is 0 Å². The van der Waals surface area contributed by atoms with Crippen molar-refractivity contribution in [2.75, 3.05) is 20.1 Å². The standard InChI is InChI=1S/C16H21N3O/c1-11-9-19(10-12(2)18(11)3)16(20)14-4-5-15-13(8-14)6-7-17-15/h4-8,11-12,17H,9-10H2,1-3H3. The molecular weight excluding hydrogens is 250 g/mol. The first-order valence-corrected chi connectivity index (χ1v) is 7.14. The molecule has 3 rings (SSSR count). The Bertz CT molecular complexity index is 621. The van der Waals surface area contributed by atoms with Crippen molar-refractivity contribution in [3.05, 3.63) is 36.0 Å². The van der Waals surface area contributed by atoms with E-state index < -0.39 is 0 Å². The third-order valence-corrected chi connectivity index (χ3v) is 4.45. The van der Waals surface area contributed by atoms with E-state index in [2.05, 4.69) is 30.8 Å². The molecule has 2 unspecified atom stereocenters. The number of amides is 1. The van der Waals surface area contributed by atoms with Crippen molar-refractivity contribution in [3.63, 3.8) is 0 Å². The average Bonchev–Trinajstić information content (AvgIpc) is 2.90. The fourth-order valence-corrected chi connectivity index (χ4v) is 2.94. The molecule has 1 aromatic carbocycles. The zero-order valence-electron chi connectivity index (χ0n) is 12.3. The fourth-order valence-electron chi connectivity index (χ4n) is 2.94. The molecule has 1 saturated heterocycles. The lowest BCUT2D eigenvalue weighted by Gasteiger charge is -2.42. The highest BCUT2D eigenvalue weighted by Crippen LogP contribution is 2.19. The molecule has 1 aliphatic rings. The molecule has 20 heavy (non-hydrogen) atoms. The molecular formula is C16H21N3O. The molecule has 0 saturated carbocycles. The number of carbonyl (C=O) groups is 1. The quantitative estimate of drug-likeness (QED) is 0.864. The number of aromatic amines is 1. The zero-order chi connectivity index (χ0) is 14.3. The molecule has 0 spiro atoms. The van der Waals surface area contributed by atoms with Gasteiger partial charge in [0.15, 0.2) is 0 Å². The molecule has 0 aliphatic carbocycles. The van der Waals surface area contributed by atoms with E-state index in [1.54, 1.807) is 0 Å². The van der Waals surface area contributed by atoms with Crippen LogP contribution in [0.4, 0.5) is 0 Å². The van der Waals surface area contributed by atoms with Gasteiger partial charge in [0.2, 0.25) is 0 Å². The van der Waals surface area contributed by atoms with Crippen LogP contribution in [0.2, 0.25) is 0 Å². The Morgan fingerprint density at radius 3 is 2.60 bits per heavy atom. The largest absolute Gasteiger partial charge is 0.361 e. The van der Waals surface area contributed by atoms with Gasteiger partial charge in [0.05, 0.1) is 0 Å². The van der Waals surface area contributed by atoms with Crippen LogP contribution in [0.1, 0.15) is 24.2 Å². The number of hydrogen-bond acceptors (Lipinski definition) is 2. The van der Waals surface area contributed by atoms with Crippen LogP contribution in [0.15, 0.2) is 30.5 Å². The van der Waals surface area contributed by atoms with E-state index in [-0.39, 0.29) is 5.91 Å². The Morgan fingerprint density at radius 1 is 1.20 bits per heavy atom. The second-order valence-corrected chi connectivity index (χ2v) is 5.85. The highest BCUT2D eigenvalue weighted by Gasteiger charge is 2.29. The second kappa shape index (κ2) is 4.94. The number of H-pyrrole nitrogens is 1. The Hall–Kier alpha value is -1.81. The van der Waals surface area contributed by atoms with Gasteiger partial charge < -0.3 is 9.88 Å². The Morgan fingerprint density at radius 2 is 1.90 bits per heavy atom. The lowest BCUT2D eigenvalue weighted by molar-refractivity contribution is 0.0414. The van der Waals surface area contributed by atoms with Crippen molar-refractivity contribution in [1.29, 1.82) is 0 Å². The number of nitrogens with zero attached hydrogens (tertiary/aromatic N) is 2. The monoisotopic (exact) mass is 271 g/mol. The first-order chi connectivity index (χ1) is 9.56. The number of rotatable bonds is 1. The molecule has 1 aromatic heterocycles. The SMILES string of the molecule is CC1CN(C(=O)c2ccc3[nH]ccc3c2)CC(C)N1C. The van der Waals surface area contributed by atoms with Crippen molar-refractivity contribution in [2.45, 2.75) is 25.9 Å². The number of benzene rings is 1. The molecule has 2 heterocycles. The molecule has 1 N–H and O–H groups in total. The lowest BCUT2D eigenvalue weighted by atomic mass is 10.1. The van der Waals surface area contributed by atoms with E-state index in [0.29, 0.717) is 12.1 Å². The number of aromatic nitrogens is 1. The van der Waals surface area contributed by atoms with Crippen LogP contribution in [-0.4, -0.2) is 52.9 Å². The van der Waals surface area contributed by atoms with Gasteiger partial charge >= 0.3 is 0 Å². The minimum atomic E-state index is 0.139. The summed E-state index contributed by atoms with van der Waals surface area (Å²) in [5, 5.41) is 1.09. The molecule has 0 radical (unpaired) electrons. The van der Waals surface area contributed by atoms with Gasteiger partial charge in [-0.15, -0.1) is 0 Å². The van der Waals surface area contributed by atoms with Gasteiger partial charge in [-0.2, -0.15) is 0 Å². The molecule has 1 aliphatic heterocycles. The van der Waals surface area contributed by atoms with E-state index in [0.717, 1.165) is 29.6 Å². The molecule has 0 bridgehead atoms. The van der Waals surface area contributed by atoms with Crippen LogP contribution in [-0.2, 0) is 0 Å². The van der Waals surface area contributed by atoms with E-state index in [1.807, 2.05) is 35.4 Å². The maximum absolute atomic E-state index is 12.7. The van der Waals surface area contributed by atoms with Gasteiger partial charge in [-0.25, -0.2) is 0 Å². The van der Waals surface area contributed by atoms with Crippen LogP contribution >= 0.6 is 0 Å². The van der Waals surface area contributed by atoms with Crippen molar-refractivity contribution < 1.29 is 4.79 Å². The topological polar surface area (TPSA) is 39.3 Å². The summed E-state index contributed by atoms with van der Waals surface area (Å²) in [6.45, 7) is 5.94. The summed E-state index contributed by atoms with van der Waals surface area (Å²) >= 11 is 0. The number of likely N-dealkylation sites (N-methyl/N-ethyl adjacent to an activating group) is 1. The highest BCUT2D eigenvalue weighted by atomic mass is 16.2. The molecule has 2 atom stereocenters. The Labute approximate surface area is 119 Å². The highest BCUT2D eigenvalue weighted by molar-refractivity contribution is 5.98. The Kier molecular flexibility index (Phi) is 3.26. The van der Waals surface area contributed by atoms with Gasteiger partial charge in [-0.1, -0.05) is 0 Å². The van der Waals surface area contributed by atoms with Gasteiger partial charge in [0.25, 0.3) is 5.91 Å². The summed E-state index contributed by atoms with van der Waals surface area (Å²) in [7, 11) is 2.13. The average molecular weight is 271 g/mol. The molecule has 106 valence electrons. The van der Waals surface area contributed by atoms with Crippen molar-refractivity contribution >= 4 is 16.8 Å². The minimum absolute atomic E-state index is 0.139. The maximum Gasteiger partial charge on any atom is 0.253 e. The van der Waals surface area contributed by atoms with Gasteiger partial charge in [-0.3, -0.25) is 9.69 Å². The van der Waals surface area contributed by atoms with Crippen LogP contribution in [0.3, 0.4) is 0 Å². The number of carbonyl (C=O) groups excluding carboxylic acids is 1. The van der Waals surface area contributed by atoms with Crippen molar-refractivity contribution in [2.24, 2.45) is 0 Å². The molecule has 1 amide bonds. The summed E-state index contributed by atoms with van der Waals surface area (Å²) < 4.78 is 0. The minimum Gasteiger partial charge on any atom is -0.361 e. The first-order valence-electron chi connectivity index (χ1n) is 7.14. The van der Waals surface area contributed by atoms with Crippen LogP contribution in [0.5, 0.6) is 0 Å². The predicted molar refractivity (Wildman–Crippen MR) is 80.9 cm³/mol. The second-order valence-electron chi connectivity index (χ2n) is 5.85. The number of nitrogens with one attached hydrogen (secondary N) is 1. The zero-order valence-corrected chi connectivity index (χ0v) is 12.3. The van der Waals surface area contributed by atoms with Crippen LogP contribution in [0, 0.1) is 0 Å². The number of fused-ring (bicyclic) bond motifs is 1. The third kappa shape index (κ3) is 2.20. The van der Waals surface area contributed by atoms with Gasteiger partial charge in [0, 0.05) is 47.8 Å². The molecule has 2 aromatic rings.